The molecule has 0 bridgehead atoms. The first-order chi connectivity index (χ1) is 13.1. The third-order valence-electron chi connectivity index (χ3n) is 4.62. The van der Waals surface area contributed by atoms with Gasteiger partial charge in [0.25, 0.3) is 0 Å². The standard InChI is InChI=1S/C19H15F3N2O3S/c20-19(21,22)16-3-1-2-12(9-16)13-4-5-14-11-18(25)17(10-15(14)8-13)24-7-6-23-28(24,26)27/h1-5,8-11,23,25H,6-7H2. The summed E-state index contributed by atoms with van der Waals surface area (Å²) in [4.78, 5) is 0. The maximum Gasteiger partial charge on any atom is 0.416 e. The number of phenols is 1. The van der Waals surface area contributed by atoms with Gasteiger partial charge in [0.1, 0.15) is 5.75 Å². The zero-order valence-electron chi connectivity index (χ0n) is 14.4. The van der Waals surface area contributed by atoms with Crippen LogP contribution in [-0.4, -0.2) is 26.6 Å². The summed E-state index contributed by atoms with van der Waals surface area (Å²) in [6.07, 6.45) is -4.44. The van der Waals surface area contributed by atoms with E-state index in [4.69, 9.17) is 0 Å². The van der Waals surface area contributed by atoms with Gasteiger partial charge in [-0.2, -0.15) is 26.3 Å². The number of hydrogen-bond donors (Lipinski definition) is 2. The maximum atomic E-state index is 13.0. The van der Waals surface area contributed by atoms with Crippen molar-refractivity contribution in [3.63, 3.8) is 0 Å². The number of halogens is 3. The summed E-state index contributed by atoms with van der Waals surface area (Å²) in [7, 11) is -3.72. The molecule has 0 unspecified atom stereocenters. The van der Waals surface area contributed by atoms with Crippen LogP contribution in [0, 0.1) is 0 Å². The van der Waals surface area contributed by atoms with E-state index in [9.17, 15) is 26.7 Å². The molecule has 0 amide bonds. The first-order valence-electron chi connectivity index (χ1n) is 8.37. The van der Waals surface area contributed by atoms with Gasteiger partial charge in [-0.3, -0.25) is 4.31 Å². The average molecular weight is 408 g/mol. The molecule has 0 spiro atoms. The Balaban J connectivity index is 1.82. The summed E-state index contributed by atoms with van der Waals surface area (Å²) in [5, 5.41) is 11.5. The first kappa shape index (κ1) is 18.6. The van der Waals surface area contributed by atoms with E-state index >= 15 is 0 Å². The minimum Gasteiger partial charge on any atom is -0.506 e. The lowest BCUT2D eigenvalue weighted by molar-refractivity contribution is -0.137. The van der Waals surface area contributed by atoms with Crippen molar-refractivity contribution in [2.24, 2.45) is 0 Å². The summed E-state index contributed by atoms with van der Waals surface area (Å²) in [6, 6.07) is 12.9. The second-order valence-electron chi connectivity index (χ2n) is 6.45. The minimum atomic E-state index is -4.44. The SMILES string of the molecule is O=S1(=O)NCCN1c1cc2cc(-c3cccc(C(F)(F)F)c3)ccc2cc1O. The number of benzene rings is 3. The fourth-order valence-electron chi connectivity index (χ4n) is 3.25. The van der Waals surface area contributed by atoms with Gasteiger partial charge < -0.3 is 5.11 Å². The van der Waals surface area contributed by atoms with Gasteiger partial charge >= 0.3 is 16.4 Å². The lowest BCUT2D eigenvalue weighted by Crippen LogP contribution is -2.29. The highest BCUT2D eigenvalue weighted by Gasteiger charge is 2.31. The molecule has 4 rings (SSSR count). The fraction of sp³-hybridized carbons (Fsp3) is 0.158. The number of phenolic OH excluding ortho intramolecular Hbond substituents is 1. The monoisotopic (exact) mass is 408 g/mol. The molecule has 28 heavy (non-hydrogen) atoms. The molecule has 0 aliphatic carbocycles. The molecular weight excluding hydrogens is 393 g/mol. The van der Waals surface area contributed by atoms with Crippen LogP contribution in [0.4, 0.5) is 18.9 Å². The predicted octanol–water partition coefficient (Wildman–Crippen LogP) is 3.89. The van der Waals surface area contributed by atoms with E-state index < -0.39 is 21.9 Å². The van der Waals surface area contributed by atoms with Crippen LogP contribution in [0.1, 0.15) is 5.56 Å². The van der Waals surface area contributed by atoms with Crippen molar-refractivity contribution in [1.82, 2.24) is 4.72 Å². The van der Waals surface area contributed by atoms with Crippen molar-refractivity contribution in [3.05, 3.63) is 60.2 Å². The van der Waals surface area contributed by atoms with Gasteiger partial charge in [-0.05, 0) is 52.2 Å². The number of hydrogen-bond acceptors (Lipinski definition) is 3. The summed E-state index contributed by atoms with van der Waals surface area (Å²) < 4.78 is 66.5. The Kier molecular flexibility index (Phi) is 4.24. The van der Waals surface area contributed by atoms with Crippen LogP contribution in [0.15, 0.2) is 54.6 Å². The molecule has 146 valence electrons. The predicted molar refractivity (Wildman–Crippen MR) is 100 cm³/mol. The van der Waals surface area contributed by atoms with Crippen molar-refractivity contribution in [2.75, 3.05) is 17.4 Å². The highest BCUT2D eigenvalue weighted by molar-refractivity contribution is 7.91. The van der Waals surface area contributed by atoms with E-state index in [-0.39, 0.29) is 24.5 Å². The average Bonchev–Trinajstić information content (AvgIpc) is 2.99. The second kappa shape index (κ2) is 6.39. The Hall–Kier alpha value is -2.78. The summed E-state index contributed by atoms with van der Waals surface area (Å²) >= 11 is 0. The number of aromatic hydroxyl groups is 1. The fourth-order valence-corrected chi connectivity index (χ4v) is 4.49. The lowest BCUT2D eigenvalue weighted by atomic mass is 9.99. The molecule has 9 heteroatoms. The third-order valence-corrected chi connectivity index (χ3v) is 6.14. The van der Waals surface area contributed by atoms with Crippen LogP contribution < -0.4 is 9.03 Å². The highest BCUT2D eigenvalue weighted by atomic mass is 32.2. The quantitative estimate of drug-likeness (QED) is 0.676. The van der Waals surface area contributed by atoms with E-state index in [0.29, 0.717) is 21.9 Å². The van der Waals surface area contributed by atoms with Crippen LogP contribution in [0.2, 0.25) is 0 Å². The molecule has 2 N–H and O–H groups in total. The van der Waals surface area contributed by atoms with Gasteiger partial charge in [0.15, 0.2) is 0 Å². The molecule has 0 radical (unpaired) electrons. The topological polar surface area (TPSA) is 69.6 Å². The molecule has 3 aromatic carbocycles. The third kappa shape index (κ3) is 3.27. The minimum absolute atomic E-state index is 0.124. The van der Waals surface area contributed by atoms with Crippen LogP contribution in [0.25, 0.3) is 21.9 Å². The zero-order valence-corrected chi connectivity index (χ0v) is 15.2. The molecule has 1 aliphatic rings. The van der Waals surface area contributed by atoms with Crippen molar-refractivity contribution in [1.29, 1.82) is 0 Å². The highest BCUT2D eigenvalue weighted by Crippen LogP contribution is 2.37. The van der Waals surface area contributed by atoms with E-state index in [0.717, 1.165) is 16.4 Å². The van der Waals surface area contributed by atoms with Gasteiger partial charge in [0, 0.05) is 13.1 Å². The van der Waals surface area contributed by atoms with E-state index in [1.165, 1.54) is 18.2 Å². The van der Waals surface area contributed by atoms with Crippen LogP contribution in [0.3, 0.4) is 0 Å². The van der Waals surface area contributed by atoms with E-state index in [2.05, 4.69) is 4.72 Å². The number of anilines is 1. The van der Waals surface area contributed by atoms with Gasteiger partial charge in [0.05, 0.1) is 11.3 Å². The van der Waals surface area contributed by atoms with E-state index in [1.807, 2.05) is 0 Å². The largest absolute Gasteiger partial charge is 0.506 e. The lowest BCUT2D eigenvalue weighted by Gasteiger charge is -2.18. The first-order valence-corrected chi connectivity index (χ1v) is 9.81. The Morgan fingerprint density at radius 2 is 1.71 bits per heavy atom. The van der Waals surface area contributed by atoms with Gasteiger partial charge in [-0.15, -0.1) is 0 Å². The number of nitrogens with one attached hydrogen (secondary N) is 1. The molecule has 3 aromatic rings. The normalized spacial score (nSPS) is 16.6. The molecule has 5 nitrogen and oxygen atoms in total. The summed E-state index contributed by atoms with van der Waals surface area (Å²) in [5.74, 6) is -0.188. The Morgan fingerprint density at radius 1 is 0.964 bits per heavy atom. The molecule has 1 aliphatic heterocycles. The molecule has 0 atom stereocenters. The van der Waals surface area contributed by atoms with E-state index in [1.54, 1.807) is 24.3 Å². The number of nitrogens with zero attached hydrogens (tertiary/aromatic N) is 1. The van der Waals surface area contributed by atoms with Crippen LogP contribution in [0.5, 0.6) is 5.75 Å². The van der Waals surface area contributed by atoms with Crippen molar-refractivity contribution >= 4 is 26.7 Å². The molecule has 1 fully saturated rings. The van der Waals surface area contributed by atoms with Gasteiger partial charge in [-0.25, -0.2) is 0 Å². The molecule has 1 saturated heterocycles. The van der Waals surface area contributed by atoms with Crippen molar-refractivity contribution in [3.8, 4) is 16.9 Å². The molecule has 0 saturated carbocycles. The van der Waals surface area contributed by atoms with Gasteiger partial charge in [-0.1, -0.05) is 24.3 Å². The number of fused-ring (bicyclic) bond motifs is 1. The molecule has 1 heterocycles. The van der Waals surface area contributed by atoms with Crippen LogP contribution >= 0.6 is 0 Å². The van der Waals surface area contributed by atoms with Crippen LogP contribution in [-0.2, 0) is 16.4 Å². The Labute approximate surface area is 159 Å². The van der Waals surface area contributed by atoms with Crippen molar-refractivity contribution in [2.45, 2.75) is 6.18 Å². The Bertz CT molecular complexity index is 1180. The molecule has 0 aromatic heterocycles. The molecular formula is C19H15F3N2O3S. The smallest absolute Gasteiger partial charge is 0.416 e. The second-order valence-corrected chi connectivity index (χ2v) is 8.13. The summed E-state index contributed by atoms with van der Waals surface area (Å²) in [5.41, 5.74) is 0.323. The van der Waals surface area contributed by atoms with Crippen molar-refractivity contribution < 1.29 is 26.7 Å². The van der Waals surface area contributed by atoms with Gasteiger partial charge in [0.2, 0.25) is 0 Å². The maximum absolute atomic E-state index is 13.0. The number of alkyl halides is 3. The zero-order chi connectivity index (χ0) is 20.1. The number of rotatable bonds is 2. The Morgan fingerprint density at radius 3 is 2.39 bits per heavy atom. The summed E-state index contributed by atoms with van der Waals surface area (Å²) in [6.45, 7) is 0.402.